The highest BCUT2D eigenvalue weighted by atomic mass is 16.5. The lowest BCUT2D eigenvalue weighted by molar-refractivity contribution is -0.239. The molecule has 0 radical (unpaired) electrons. The molecule has 28 heavy (non-hydrogen) atoms. The van der Waals surface area contributed by atoms with E-state index in [2.05, 4.69) is 11.7 Å². The highest BCUT2D eigenvalue weighted by Crippen LogP contribution is 2.69. The number of hydrogen-bond donors (Lipinski definition) is 3. The summed E-state index contributed by atoms with van der Waals surface area (Å²) in [6.45, 7) is 3.94. The Morgan fingerprint density at radius 3 is 2.57 bits per heavy atom. The minimum absolute atomic E-state index is 0.0155. The molecule has 4 aliphatic rings. The molecule has 1 unspecified atom stereocenters. The fraction of sp³-hybridized carbons (Fsp3) is 0.727. The molecule has 3 saturated carbocycles. The number of carbonyl (C=O) groups is 2. The number of aliphatic hydroxyl groups is 3. The Labute approximate surface area is 165 Å². The molecule has 4 rings (SSSR count). The fourth-order valence-electron chi connectivity index (χ4n) is 6.97. The summed E-state index contributed by atoms with van der Waals surface area (Å²) in [6, 6.07) is 0. The van der Waals surface area contributed by atoms with Gasteiger partial charge < -0.3 is 20.1 Å². The maximum Gasteiger partial charge on any atom is 0.337 e. The van der Waals surface area contributed by atoms with Crippen molar-refractivity contribution in [3.8, 4) is 0 Å². The first-order valence-electron chi connectivity index (χ1n) is 10.2. The van der Waals surface area contributed by atoms with Gasteiger partial charge in [0.05, 0.1) is 12.7 Å². The van der Waals surface area contributed by atoms with Gasteiger partial charge in [-0.2, -0.15) is 0 Å². The lowest BCUT2D eigenvalue weighted by atomic mass is 9.45. The summed E-state index contributed by atoms with van der Waals surface area (Å²) in [5.74, 6) is -0.788. The molecule has 3 fully saturated rings. The lowest BCUT2D eigenvalue weighted by Crippen LogP contribution is -2.67. The molecule has 0 spiro atoms. The summed E-state index contributed by atoms with van der Waals surface area (Å²) in [5.41, 5.74) is -3.09. The van der Waals surface area contributed by atoms with Crippen molar-refractivity contribution in [1.82, 2.24) is 0 Å². The maximum atomic E-state index is 12.0. The zero-order chi connectivity index (χ0) is 20.5. The topological polar surface area (TPSA) is 104 Å². The Morgan fingerprint density at radius 1 is 1.18 bits per heavy atom. The van der Waals surface area contributed by atoms with Crippen LogP contribution in [0.4, 0.5) is 0 Å². The minimum atomic E-state index is -1.73. The molecule has 7 atom stereocenters. The van der Waals surface area contributed by atoms with Gasteiger partial charge in [0.15, 0.2) is 11.9 Å². The standard InChI is InChI=1S/C22H30O6/c1-19-8-6-14(23)12-13(19)4-5-16-15(19)7-9-20(2)21(16,26)10-11-22(20,27)17(24)18(25)28-3/h6,8,12,15-17,24,26-27H,4-5,7,9-11H2,1-3H3/t15-,16+,17-,19-,20-,21?,22-/m0/s1. The first-order chi connectivity index (χ1) is 13.0. The van der Waals surface area contributed by atoms with E-state index in [4.69, 9.17) is 0 Å². The van der Waals surface area contributed by atoms with Gasteiger partial charge >= 0.3 is 5.97 Å². The lowest BCUT2D eigenvalue weighted by Gasteiger charge is -2.61. The summed E-state index contributed by atoms with van der Waals surface area (Å²) >= 11 is 0. The summed E-state index contributed by atoms with van der Waals surface area (Å²) in [4.78, 5) is 23.9. The van der Waals surface area contributed by atoms with Crippen molar-refractivity contribution in [3.05, 3.63) is 23.8 Å². The normalized spacial score (nSPS) is 48.2. The molecule has 3 N–H and O–H groups in total. The Hall–Kier alpha value is -1.50. The Morgan fingerprint density at radius 2 is 1.89 bits per heavy atom. The molecule has 6 nitrogen and oxygen atoms in total. The van der Waals surface area contributed by atoms with Crippen LogP contribution in [0.2, 0.25) is 0 Å². The molecule has 4 aliphatic carbocycles. The van der Waals surface area contributed by atoms with Gasteiger partial charge in [-0.1, -0.05) is 25.5 Å². The van der Waals surface area contributed by atoms with E-state index in [0.29, 0.717) is 12.8 Å². The number of carbonyl (C=O) groups excluding carboxylic acids is 2. The second-order valence-electron chi connectivity index (χ2n) is 9.58. The second-order valence-corrected chi connectivity index (χ2v) is 9.58. The predicted octanol–water partition coefficient (Wildman–Crippen LogP) is 1.67. The van der Waals surface area contributed by atoms with Gasteiger partial charge in [0.1, 0.15) is 5.60 Å². The van der Waals surface area contributed by atoms with Crippen LogP contribution in [0.1, 0.15) is 52.4 Å². The Kier molecular flexibility index (Phi) is 4.24. The second kappa shape index (κ2) is 6.00. The van der Waals surface area contributed by atoms with Crippen LogP contribution in [-0.4, -0.2) is 51.5 Å². The number of allylic oxidation sites excluding steroid dienone is 4. The number of rotatable bonds is 2. The van der Waals surface area contributed by atoms with E-state index in [1.54, 1.807) is 19.1 Å². The van der Waals surface area contributed by atoms with Gasteiger partial charge in [0, 0.05) is 10.8 Å². The van der Waals surface area contributed by atoms with Gasteiger partial charge in [-0.25, -0.2) is 4.79 Å². The smallest absolute Gasteiger partial charge is 0.337 e. The number of hydrogen-bond acceptors (Lipinski definition) is 6. The van der Waals surface area contributed by atoms with Gasteiger partial charge in [-0.3, -0.25) is 4.79 Å². The predicted molar refractivity (Wildman–Crippen MR) is 101 cm³/mol. The van der Waals surface area contributed by atoms with Crippen LogP contribution in [0.15, 0.2) is 23.8 Å². The van der Waals surface area contributed by atoms with Crippen molar-refractivity contribution in [2.24, 2.45) is 22.7 Å². The van der Waals surface area contributed by atoms with E-state index < -0.39 is 28.7 Å². The van der Waals surface area contributed by atoms with Gasteiger partial charge in [0.2, 0.25) is 0 Å². The first kappa shape index (κ1) is 19.8. The van der Waals surface area contributed by atoms with Crippen LogP contribution < -0.4 is 0 Å². The van der Waals surface area contributed by atoms with Gasteiger partial charge in [-0.05, 0) is 62.5 Å². The van der Waals surface area contributed by atoms with Crippen LogP contribution >= 0.6 is 0 Å². The van der Waals surface area contributed by atoms with Crippen molar-refractivity contribution in [3.63, 3.8) is 0 Å². The number of aliphatic hydroxyl groups excluding tert-OH is 1. The van der Waals surface area contributed by atoms with Crippen LogP contribution in [0, 0.1) is 22.7 Å². The van der Waals surface area contributed by atoms with E-state index in [-0.39, 0.29) is 29.5 Å². The van der Waals surface area contributed by atoms with Crippen molar-refractivity contribution < 1.29 is 29.6 Å². The average molecular weight is 390 g/mol. The minimum Gasteiger partial charge on any atom is -0.467 e. The molecule has 0 bridgehead atoms. The number of methoxy groups -OCH3 is 1. The van der Waals surface area contributed by atoms with Crippen molar-refractivity contribution in [2.45, 2.75) is 69.7 Å². The molecule has 0 saturated heterocycles. The number of fused-ring (bicyclic) bond motifs is 5. The van der Waals surface area contributed by atoms with Gasteiger partial charge in [-0.15, -0.1) is 0 Å². The van der Waals surface area contributed by atoms with Crippen molar-refractivity contribution >= 4 is 11.8 Å². The SMILES string of the molecule is COC(=O)[C@H](O)[C@@]1(O)CCC2(O)[C@@H]3CCC4=CC(=O)C=C[C@]4(C)[C@H]3CC[C@@]21C. The molecule has 0 heterocycles. The van der Waals surface area contributed by atoms with Crippen LogP contribution in [-0.2, 0) is 14.3 Å². The molecule has 0 aromatic carbocycles. The quantitative estimate of drug-likeness (QED) is 0.620. The van der Waals surface area contributed by atoms with Crippen molar-refractivity contribution in [2.75, 3.05) is 7.11 Å². The van der Waals surface area contributed by atoms with Crippen LogP contribution in [0.5, 0.6) is 0 Å². The van der Waals surface area contributed by atoms with Crippen molar-refractivity contribution in [1.29, 1.82) is 0 Å². The van der Waals surface area contributed by atoms with E-state index >= 15 is 0 Å². The van der Waals surface area contributed by atoms with Crippen LogP contribution in [0.25, 0.3) is 0 Å². The number of ether oxygens (including phenoxy) is 1. The van der Waals surface area contributed by atoms with E-state index in [1.807, 2.05) is 6.08 Å². The third-order valence-corrected chi connectivity index (χ3v) is 8.83. The maximum absolute atomic E-state index is 12.0. The molecule has 154 valence electrons. The first-order valence-corrected chi connectivity index (χ1v) is 10.2. The third kappa shape index (κ3) is 2.20. The largest absolute Gasteiger partial charge is 0.467 e. The Bertz CT molecular complexity index is 786. The summed E-state index contributed by atoms with van der Waals surface area (Å²) in [5, 5.41) is 33.9. The van der Waals surface area contributed by atoms with Crippen LogP contribution in [0.3, 0.4) is 0 Å². The molecular formula is C22H30O6. The molecular weight excluding hydrogens is 360 g/mol. The van der Waals surface area contributed by atoms with E-state index in [0.717, 1.165) is 24.8 Å². The number of ketones is 1. The molecule has 0 aromatic heterocycles. The monoisotopic (exact) mass is 390 g/mol. The third-order valence-electron chi connectivity index (χ3n) is 8.83. The summed E-state index contributed by atoms with van der Waals surface area (Å²) in [7, 11) is 1.18. The average Bonchev–Trinajstić information content (AvgIpc) is 2.89. The zero-order valence-corrected chi connectivity index (χ0v) is 16.8. The zero-order valence-electron chi connectivity index (χ0n) is 16.8. The fourth-order valence-corrected chi connectivity index (χ4v) is 6.97. The molecule has 0 amide bonds. The Balaban J connectivity index is 1.73. The summed E-state index contributed by atoms with van der Waals surface area (Å²) < 4.78 is 4.67. The number of esters is 1. The summed E-state index contributed by atoms with van der Waals surface area (Å²) in [6.07, 6.45) is 6.81. The van der Waals surface area contributed by atoms with E-state index in [1.165, 1.54) is 7.11 Å². The molecule has 6 heteroatoms. The van der Waals surface area contributed by atoms with E-state index in [9.17, 15) is 24.9 Å². The highest BCUT2D eigenvalue weighted by Gasteiger charge is 2.73. The molecule has 0 aromatic rings. The molecule has 0 aliphatic heterocycles. The van der Waals surface area contributed by atoms with Gasteiger partial charge in [0.25, 0.3) is 0 Å². The highest BCUT2D eigenvalue weighted by molar-refractivity contribution is 6.01.